The molecule has 0 aliphatic heterocycles. The second-order valence-electron chi connectivity index (χ2n) is 12.4. The summed E-state index contributed by atoms with van der Waals surface area (Å²) in [4.78, 5) is 32.4. The van der Waals surface area contributed by atoms with Gasteiger partial charge in [0, 0.05) is 25.6 Å². The fourth-order valence-corrected chi connectivity index (χ4v) is 3.02. The van der Waals surface area contributed by atoms with E-state index in [0.717, 1.165) is 17.8 Å². The van der Waals surface area contributed by atoms with Crippen molar-refractivity contribution >= 4 is 17.7 Å². The van der Waals surface area contributed by atoms with Gasteiger partial charge in [-0.2, -0.15) is 30.8 Å². The number of primary amides is 1. The Bertz CT molecular complexity index is 1160. The predicted octanol–water partition coefficient (Wildman–Crippen LogP) is 2.70. The number of nitrogens with zero attached hydrogens (tertiary/aromatic N) is 7. The fraction of sp³-hybridized carbons (Fsp3) is 0.690. The van der Waals surface area contributed by atoms with Crippen LogP contribution in [0.5, 0.6) is 0 Å². The van der Waals surface area contributed by atoms with E-state index >= 15 is 0 Å². The summed E-state index contributed by atoms with van der Waals surface area (Å²) >= 11 is 0. The minimum atomic E-state index is -0.213. The lowest BCUT2D eigenvalue weighted by molar-refractivity contribution is -0.121. The standard InChI is InChI=1S/C12H22N4O.C6H10N4O.C6H11N3.C5H11NO/c1-9(2)7-13-11(17)6-10-8-16(15-14-10)12(3,4)5;1-2-6(11)7-3-5-4-8-10-9-5;1-5(2)3-6-4-7-9-8-6;1-4(2)3-5(6)7/h8-9H,6-7H2,1-5H3,(H,13,17);4H,2-3H2,1H3,(H,7,11)(H,8,9,10);4-5H,3H2,1-2H3,(H,7,8,9);4H,3H2,1-2H3,(H2,6,7). The van der Waals surface area contributed by atoms with Crippen LogP contribution >= 0.6 is 0 Å². The molecule has 15 heteroatoms. The van der Waals surface area contributed by atoms with E-state index in [0.29, 0.717) is 55.8 Å². The van der Waals surface area contributed by atoms with Crippen molar-refractivity contribution < 1.29 is 14.4 Å². The Morgan fingerprint density at radius 1 is 0.864 bits per heavy atom. The fourth-order valence-electron chi connectivity index (χ4n) is 3.02. The summed E-state index contributed by atoms with van der Waals surface area (Å²) in [6.07, 6.45) is 7.47. The molecule has 6 N–H and O–H groups in total. The summed E-state index contributed by atoms with van der Waals surface area (Å²) in [6, 6.07) is 0. The summed E-state index contributed by atoms with van der Waals surface area (Å²) in [5.74, 6) is 1.33. The van der Waals surface area contributed by atoms with Crippen LogP contribution in [0.3, 0.4) is 0 Å². The van der Waals surface area contributed by atoms with Gasteiger partial charge in [0.25, 0.3) is 0 Å². The molecule has 3 rings (SSSR count). The van der Waals surface area contributed by atoms with Gasteiger partial charge in [0.05, 0.1) is 42.3 Å². The Labute approximate surface area is 261 Å². The number of carbonyl (C=O) groups excluding carboxylic acids is 3. The van der Waals surface area contributed by atoms with Gasteiger partial charge in [-0.1, -0.05) is 53.7 Å². The van der Waals surface area contributed by atoms with Crippen LogP contribution < -0.4 is 16.4 Å². The molecule has 0 bridgehead atoms. The molecule has 15 nitrogen and oxygen atoms in total. The quantitative estimate of drug-likeness (QED) is 0.213. The SMILES string of the molecule is CC(C)CC(N)=O.CC(C)CNC(=O)Cc1cn(C(C)(C)C)nn1.CC(C)Cc1cn[nH]n1.CCC(=O)NCc1cn[nH]n1. The van der Waals surface area contributed by atoms with E-state index in [2.05, 4.69) is 79.5 Å². The lowest BCUT2D eigenvalue weighted by atomic mass is 10.1. The summed E-state index contributed by atoms with van der Waals surface area (Å²) in [5, 5.41) is 33.6. The van der Waals surface area contributed by atoms with Crippen molar-refractivity contribution in [3.8, 4) is 0 Å². The number of rotatable bonds is 11. The molecule has 248 valence electrons. The molecule has 0 saturated carbocycles. The van der Waals surface area contributed by atoms with E-state index < -0.39 is 0 Å². The zero-order valence-corrected chi connectivity index (χ0v) is 28.1. The summed E-state index contributed by atoms with van der Waals surface area (Å²) in [6.45, 7) is 21.5. The molecule has 0 aliphatic rings. The number of hydrogen-bond acceptors (Lipinski definition) is 9. The van der Waals surface area contributed by atoms with Gasteiger partial charge in [-0.25, -0.2) is 4.68 Å². The molecule has 0 aliphatic carbocycles. The number of H-pyrrole nitrogens is 2. The molecular formula is C29H54N12O3. The van der Waals surface area contributed by atoms with E-state index in [9.17, 15) is 14.4 Å². The van der Waals surface area contributed by atoms with Crippen molar-refractivity contribution in [2.24, 2.45) is 23.5 Å². The number of aromatic nitrogens is 9. The Balaban J connectivity index is 0.000000594. The molecule has 0 unspecified atom stereocenters. The lowest BCUT2D eigenvalue weighted by Crippen LogP contribution is -2.28. The van der Waals surface area contributed by atoms with Gasteiger partial charge < -0.3 is 16.4 Å². The molecule has 0 saturated heterocycles. The van der Waals surface area contributed by atoms with Gasteiger partial charge in [0.15, 0.2) is 0 Å². The Kier molecular flexibility index (Phi) is 19.5. The van der Waals surface area contributed by atoms with Crippen LogP contribution in [0.2, 0.25) is 0 Å². The van der Waals surface area contributed by atoms with E-state index in [4.69, 9.17) is 5.73 Å². The maximum Gasteiger partial charge on any atom is 0.226 e. The highest BCUT2D eigenvalue weighted by atomic mass is 16.2. The highest BCUT2D eigenvalue weighted by Crippen LogP contribution is 2.11. The van der Waals surface area contributed by atoms with Gasteiger partial charge in [0.1, 0.15) is 5.69 Å². The topological polar surface area (TPSA) is 215 Å². The van der Waals surface area contributed by atoms with Gasteiger partial charge >= 0.3 is 0 Å². The Morgan fingerprint density at radius 3 is 1.84 bits per heavy atom. The summed E-state index contributed by atoms with van der Waals surface area (Å²) in [7, 11) is 0. The molecule has 0 radical (unpaired) electrons. The first-order chi connectivity index (χ1) is 20.5. The van der Waals surface area contributed by atoms with E-state index in [1.165, 1.54) is 0 Å². The molecule has 3 aromatic rings. The predicted molar refractivity (Wildman–Crippen MR) is 169 cm³/mol. The number of carbonyl (C=O) groups is 3. The zero-order chi connectivity index (χ0) is 33.7. The van der Waals surface area contributed by atoms with Crippen LogP contribution in [0, 0.1) is 17.8 Å². The van der Waals surface area contributed by atoms with Crippen LogP contribution in [0.15, 0.2) is 18.6 Å². The second-order valence-corrected chi connectivity index (χ2v) is 12.4. The minimum absolute atomic E-state index is 0.000316. The van der Waals surface area contributed by atoms with E-state index in [-0.39, 0.29) is 23.3 Å². The first-order valence-electron chi connectivity index (χ1n) is 15.0. The van der Waals surface area contributed by atoms with E-state index in [1.807, 2.05) is 40.8 Å². The normalized spacial score (nSPS) is 10.7. The second kappa shape index (κ2) is 21.5. The molecule has 3 aromatic heterocycles. The van der Waals surface area contributed by atoms with Gasteiger partial charge in [-0.3, -0.25) is 14.4 Å². The van der Waals surface area contributed by atoms with Crippen molar-refractivity contribution in [2.45, 2.75) is 107 Å². The largest absolute Gasteiger partial charge is 0.370 e. The van der Waals surface area contributed by atoms with Gasteiger partial charge in [-0.05, 0) is 44.9 Å². The van der Waals surface area contributed by atoms with Crippen LogP contribution in [-0.4, -0.2) is 70.1 Å². The highest BCUT2D eigenvalue weighted by molar-refractivity contribution is 5.78. The minimum Gasteiger partial charge on any atom is -0.370 e. The maximum absolute atomic E-state index is 11.6. The number of nitrogens with two attached hydrogens (primary N) is 1. The first-order valence-corrected chi connectivity index (χ1v) is 15.0. The summed E-state index contributed by atoms with van der Waals surface area (Å²) < 4.78 is 1.78. The van der Waals surface area contributed by atoms with Crippen molar-refractivity contribution in [3.05, 3.63) is 35.7 Å². The molecule has 0 atom stereocenters. The van der Waals surface area contributed by atoms with Crippen molar-refractivity contribution in [3.63, 3.8) is 0 Å². The molecular weight excluding hydrogens is 564 g/mol. The first kappa shape index (κ1) is 39.8. The van der Waals surface area contributed by atoms with Gasteiger partial charge in [0.2, 0.25) is 17.7 Å². The molecule has 0 spiro atoms. The van der Waals surface area contributed by atoms with Crippen LogP contribution in [0.25, 0.3) is 0 Å². The number of aromatic amines is 2. The monoisotopic (exact) mass is 618 g/mol. The third-order valence-electron chi connectivity index (χ3n) is 5.22. The summed E-state index contributed by atoms with van der Waals surface area (Å²) in [5.41, 5.74) is 7.26. The van der Waals surface area contributed by atoms with Crippen molar-refractivity contribution in [1.29, 1.82) is 0 Å². The van der Waals surface area contributed by atoms with Gasteiger partial charge in [-0.15, -0.1) is 5.10 Å². The number of hydrogen-bond donors (Lipinski definition) is 5. The smallest absolute Gasteiger partial charge is 0.226 e. The Morgan fingerprint density at radius 2 is 1.45 bits per heavy atom. The maximum atomic E-state index is 11.6. The average Bonchev–Trinajstić information content (AvgIpc) is 3.69. The molecule has 44 heavy (non-hydrogen) atoms. The van der Waals surface area contributed by atoms with Crippen molar-refractivity contribution in [2.75, 3.05) is 6.54 Å². The molecule has 3 heterocycles. The zero-order valence-electron chi connectivity index (χ0n) is 28.1. The average molecular weight is 619 g/mol. The molecule has 0 aromatic carbocycles. The van der Waals surface area contributed by atoms with Crippen molar-refractivity contribution in [1.82, 2.24) is 56.4 Å². The molecule has 0 fully saturated rings. The third kappa shape index (κ3) is 21.5. The third-order valence-corrected chi connectivity index (χ3v) is 5.22. The Hall–Kier alpha value is -4.17. The van der Waals surface area contributed by atoms with Crippen LogP contribution in [0.1, 0.15) is 99.2 Å². The number of amides is 3. The highest BCUT2D eigenvalue weighted by Gasteiger charge is 2.16. The van der Waals surface area contributed by atoms with Crippen LogP contribution in [-0.2, 0) is 39.3 Å². The number of nitrogens with one attached hydrogen (secondary N) is 4. The molecule has 3 amide bonds. The lowest BCUT2D eigenvalue weighted by Gasteiger charge is -2.17. The van der Waals surface area contributed by atoms with E-state index in [1.54, 1.807) is 24.0 Å². The van der Waals surface area contributed by atoms with Crippen LogP contribution in [0.4, 0.5) is 0 Å².